The second kappa shape index (κ2) is 6.16. The highest BCUT2D eigenvalue weighted by atomic mass is 32.2. The molecule has 1 atom stereocenters. The minimum Gasteiger partial charge on any atom is -0.454 e. The Morgan fingerprint density at radius 3 is 2.67 bits per heavy atom. The minimum atomic E-state index is -0.563. The maximum Gasteiger partial charge on any atom is 0.293 e. The minimum absolute atomic E-state index is 0.0134. The molecule has 1 aromatic carbocycles. The molecular formula is C15H14N2O6S. The number of imide groups is 1. The summed E-state index contributed by atoms with van der Waals surface area (Å²) < 4.78 is 10.4. The smallest absolute Gasteiger partial charge is 0.293 e. The summed E-state index contributed by atoms with van der Waals surface area (Å²) in [6.45, 7) is 3.64. The molecule has 0 aromatic heterocycles. The Labute approximate surface area is 141 Å². The molecule has 0 N–H and O–H groups in total. The number of nitro benzene ring substituents is 1. The zero-order valence-electron chi connectivity index (χ0n) is 13.0. The van der Waals surface area contributed by atoms with Crippen molar-refractivity contribution in [3.05, 3.63) is 32.7 Å². The number of carbonyl (C=O) groups excluding carboxylic acids is 2. The third-order valence-electron chi connectivity index (χ3n) is 3.86. The molecule has 24 heavy (non-hydrogen) atoms. The lowest BCUT2D eigenvalue weighted by molar-refractivity contribution is -0.385. The molecule has 0 unspecified atom stereocenters. The Morgan fingerprint density at radius 1 is 1.38 bits per heavy atom. The average Bonchev–Trinajstić information content (AvgIpc) is 3.10. The van der Waals surface area contributed by atoms with Gasteiger partial charge in [-0.2, -0.15) is 0 Å². The summed E-state index contributed by atoms with van der Waals surface area (Å²) in [5, 5.41) is 10.9. The summed E-state index contributed by atoms with van der Waals surface area (Å²) >= 11 is 0.778. The van der Waals surface area contributed by atoms with Crippen LogP contribution in [0.4, 0.5) is 10.5 Å². The van der Waals surface area contributed by atoms with Crippen LogP contribution in [-0.4, -0.2) is 33.8 Å². The van der Waals surface area contributed by atoms with Gasteiger partial charge in [0.2, 0.25) is 6.79 Å². The highest BCUT2D eigenvalue weighted by molar-refractivity contribution is 8.18. The Hall–Kier alpha value is -2.55. The van der Waals surface area contributed by atoms with E-state index in [2.05, 4.69) is 0 Å². The third kappa shape index (κ3) is 2.71. The third-order valence-corrected chi connectivity index (χ3v) is 4.74. The number of carbonyl (C=O) groups is 2. The molecule has 0 aliphatic carbocycles. The van der Waals surface area contributed by atoms with E-state index in [4.69, 9.17) is 9.47 Å². The summed E-state index contributed by atoms with van der Waals surface area (Å²) in [6, 6.07) is 2.47. The van der Waals surface area contributed by atoms with E-state index in [0.717, 1.165) is 11.8 Å². The number of ether oxygens (including phenoxy) is 2. The predicted molar refractivity (Wildman–Crippen MR) is 86.8 cm³/mol. The maximum absolute atomic E-state index is 12.4. The molecule has 2 aliphatic rings. The monoisotopic (exact) mass is 350 g/mol. The molecule has 0 spiro atoms. The molecule has 1 aromatic rings. The SMILES string of the molecule is CC[C@@H](C)N1C(=O)S/C(=C\c2cc3c(cc2[N+](=O)[O-])OCO3)C1=O. The number of nitrogens with zero attached hydrogens (tertiary/aromatic N) is 2. The van der Waals surface area contributed by atoms with Gasteiger partial charge in [-0.05, 0) is 37.2 Å². The summed E-state index contributed by atoms with van der Waals surface area (Å²) in [5.41, 5.74) is -0.0199. The van der Waals surface area contributed by atoms with Gasteiger partial charge in [0.05, 0.1) is 21.5 Å². The van der Waals surface area contributed by atoms with E-state index in [-0.39, 0.29) is 40.0 Å². The number of hydrogen-bond acceptors (Lipinski definition) is 7. The van der Waals surface area contributed by atoms with Gasteiger partial charge >= 0.3 is 0 Å². The van der Waals surface area contributed by atoms with Gasteiger partial charge in [0.15, 0.2) is 11.5 Å². The molecular weight excluding hydrogens is 336 g/mol. The van der Waals surface area contributed by atoms with E-state index in [1.54, 1.807) is 6.92 Å². The standard InChI is InChI=1S/C15H14N2O6S/c1-3-8(2)16-14(18)13(24-15(16)19)5-9-4-11-12(23-7-22-11)6-10(9)17(20)21/h4-6,8H,3,7H2,1-2H3/b13-5-/t8-/m1/s1. The van der Waals surface area contributed by atoms with Crippen LogP contribution in [0.5, 0.6) is 11.5 Å². The fraction of sp³-hybridized carbons (Fsp3) is 0.333. The molecule has 8 nitrogen and oxygen atoms in total. The Bertz CT molecular complexity index is 775. The maximum atomic E-state index is 12.4. The topological polar surface area (TPSA) is 99.0 Å². The van der Waals surface area contributed by atoms with Crippen molar-refractivity contribution in [3.63, 3.8) is 0 Å². The van der Waals surface area contributed by atoms with Gasteiger partial charge in [0, 0.05) is 6.04 Å². The highest BCUT2D eigenvalue weighted by Gasteiger charge is 2.38. The Balaban J connectivity index is 2.01. The lowest BCUT2D eigenvalue weighted by Gasteiger charge is -2.19. The van der Waals surface area contributed by atoms with Gasteiger partial charge in [-0.1, -0.05) is 6.92 Å². The molecule has 9 heteroatoms. The van der Waals surface area contributed by atoms with Gasteiger partial charge in [-0.15, -0.1) is 0 Å². The second-order valence-electron chi connectivity index (χ2n) is 5.33. The molecule has 2 heterocycles. The molecule has 2 aliphatic heterocycles. The summed E-state index contributed by atoms with van der Waals surface area (Å²) in [6.07, 6.45) is 1.99. The quantitative estimate of drug-likeness (QED) is 0.467. The first-order chi connectivity index (χ1) is 11.4. The van der Waals surface area contributed by atoms with Crippen molar-refractivity contribution in [2.75, 3.05) is 6.79 Å². The van der Waals surface area contributed by atoms with Crippen molar-refractivity contribution in [2.45, 2.75) is 26.3 Å². The van der Waals surface area contributed by atoms with E-state index >= 15 is 0 Å². The molecule has 0 saturated carbocycles. The number of thioether (sulfide) groups is 1. The first-order valence-corrected chi connectivity index (χ1v) is 8.09. The number of benzene rings is 1. The molecule has 3 rings (SSSR count). The Kier molecular flexibility index (Phi) is 4.18. The van der Waals surface area contributed by atoms with E-state index < -0.39 is 10.8 Å². The lowest BCUT2D eigenvalue weighted by atomic mass is 10.1. The molecule has 0 bridgehead atoms. The van der Waals surface area contributed by atoms with E-state index in [1.807, 2.05) is 6.92 Å². The summed E-state index contributed by atoms with van der Waals surface area (Å²) in [5.74, 6) is 0.214. The van der Waals surface area contributed by atoms with Gasteiger partial charge in [-0.3, -0.25) is 24.6 Å². The van der Waals surface area contributed by atoms with Crippen LogP contribution in [0.2, 0.25) is 0 Å². The highest BCUT2D eigenvalue weighted by Crippen LogP contribution is 2.41. The number of fused-ring (bicyclic) bond motifs is 1. The van der Waals surface area contributed by atoms with Gasteiger partial charge in [0.1, 0.15) is 0 Å². The van der Waals surface area contributed by atoms with Crippen molar-refractivity contribution in [1.82, 2.24) is 4.90 Å². The lowest BCUT2D eigenvalue weighted by Crippen LogP contribution is -2.36. The summed E-state index contributed by atoms with van der Waals surface area (Å²) in [7, 11) is 0. The van der Waals surface area contributed by atoms with E-state index in [0.29, 0.717) is 12.2 Å². The fourth-order valence-electron chi connectivity index (χ4n) is 2.40. The van der Waals surface area contributed by atoms with Crippen molar-refractivity contribution in [2.24, 2.45) is 0 Å². The molecule has 1 fully saturated rings. The van der Waals surface area contributed by atoms with E-state index in [9.17, 15) is 19.7 Å². The first-order valence-electron chi connectivity index (χ1n) is 7.27. The number of nitro groups is 1. The predicted octanol–water partition coefficient (Wildman–Crippen LogP) is 3.16. The number of amides is 2. The number of hydrogen-bond donors (Lipinski definition) is 0. The van der Waals surface area contributed by atoms with Crippen LogP contribution in [0.3, 0.4) is 0 Å². The van der Waals surface area contributed by atoms with Crippen molar-refractivity contribution in [1.29, 1.82) is 0 Å². The van der Waals surface area contributed by atoms with Crippen molar-refractivity contribution >= 4 is 34.7 Å². The normalized spacial score (nSPS) is 19.2. The zero-order valence-corrected chi connectivity index (χ0v) is 13.8. The van der Waals surface area contributed by atoms with Crippen molar-refractivity contribution < 1.29 is 24.0 Å². The fourth-order valence-corrected chi connectivity index (χ4v) is 3.33. The zero-order chi connectivity index (χ0) is 17.4. The van der Waals surface area contributed by atoms with E-state index in [1.165, 1.54) is 23.1 Å². The van der Waals surface area contributed by atoms with Crippen LogP contribution >= 0.6 is 11.8 Å². The molecule has 126 valence electrons. The van der Waals surface area contributed by atoms with Crippen LogP contribution < -0.4 is 9.47 Å². The van der Waals surface area contributed by atoms with Gasteiger partial charge < -0.3 is 9.47 Å². The van der Waals surface area contributed by atoms with Crippen LogP contribution in [0.1, 0.15) is 25.8 Å². The summed E-state index contributed by atoms with van der Waals surface area (Å²) in [4.78, 5) is 36.5. The Morgan fingerprint density at radius 2 is 2.04 bits per heavy atom. The van der Waals surface area contributed by atoms with Crippen molar-refractivity contribution in [3.8, 4) is 11.5 Å². The molecule has 0 radical (unpaired) electrons. The van der Waals surface area contributed by atoms with Crippen LogP contribution in [0.15, 0.2) is 17.0 Å². The van der Waals surface area contributed by atoms with Crippen LogP contribution in [-0.2, 0) is 4.79 Å². The van der Waals surface area contributed by atoms with Crippen LogP contribution in [0.25, 0.3) is 6.08 Å². The largest absolute Gasteiger partial charge is 0.454 e. The number of rotatable bonds is 4. The first kappa shape index (κ1) is 16.3. The molecule has 1 saturated heterocycles. The molecule has 2 amide bonds. The average molecular weight is 350 g/mol. The van der Waals surface area contributed by atoms with Gasteiger partial charge in [-0.25, -0.2) is 0 Å². The van der Waals surface area contributed by atoms with Crippen LogP contribution in [0, 0.1) is 10.1 Å². The van der Waals surface area contributed by atoms with Gasteiger partial charge in [0.25, 0.3) is 16.8 Å². The second-order valence-corrected chi connectivity index (χ2v) is 6.32.